The van der Waals surface area contributed by atoms with Gasteiger partial charge in [-0.15, -0.1) is 0 Å². The molecule has 0 saturated heterocycles. The van der Waals surface area contributed by atoms with E-state index in [0.29, 0.717) is 17.1 Å². The third kappa shape index (κ3) is 3.68. The molecule has 0 saturated carbocycles. The predicted molar refractivity (Wildman–Crippen MR) is 93.2 cm³/mol. The van der Waals surface area contributed by atoms with E-state index in [1.807, 2.05) is 24.4 Å². The Balaban J connectivity index is 1.71. The average molecular weight is 320 g/mol. The summed E-state index contributed by atoms with van der Waals surface area (Å²) in [5, 5.41) is 13.0. The maximum absolute atomic E-state index is 9.15. The fourth-order valence-corrected chi connectivity index (χ4v) is 2.48. The van der Waals surface area contributed by atoms with Crippen LogP contribution >= 0.6 is 11.6 Å². The highest BCUT2D eigenvalue weighted by molar-refractivity contribution is 6.30. The smallest absolute Gasteiger partial charge is 0.101 e. The minimum absolute atomic E-state index is 0.546. The number of nitrogens with zero attached hydrogens (tertiary/aromatic N) is 2. The molecule has 0 aliphatic heterocycles. The molecule has 3 rings (SSSR count). The summed E-state index contributed by atoms with van der Waals surface area (Å²) in [6, 6.07) is 19.6. The van der Waals surface area contributed by atoms with Crippen LogP contribution in [0.4, 0.5) is 5.69 Å². The van der Waals surface area contributed by atoms with Gasteiger partial charge in [-0.05, 0) is 41.0 Å². The number of anilines is 1. The van der Waals surface area contributed by atoms with Gasteiger partial charge in [-0.2, -0.15) is 5.26 Å². The van der Waals surface area contributed by atoms with Crippen LogP contribution in [0.5, 0.6) is 0 Å². The van der Waals surface area contributed by atoms with Crippen molar-refractivity contribution in [1.29, 1.82) is 5.26 Å². The van der Waals surface area contributed by atoms with Gasteiger partial charge in [-0.3, -0.25) is 4.98 Å². The van der Waals surface area contributed by atoms with E-state index in [0.717, 1.165) is 22.4 Å². The second kappa shape index (κ2) is 6.95. The molecule has 0 aliphatic rings. The van der Waals surface area contributed by atoms with Gasteiger partial charge in [0.25, 0.3) is 0 Å². The number of rotatable bonds is 4. The first-order valence-electron chi connectivity index (χ1n) is 7.19. The zero-order valence-corrected chi connectivity index (χ0v) is 13.1. The highest BCUT2D eigenvalue weighted by Crippen LogP contribution is 2.22. The van der Waals surface area contributed by atoms with Gasteiger partial charge >= 0.3 is 0 Å². The second-order valence-electron chi connectivity index (χ2n) is 5.09. The van der Waals surface area contributed by atoms with Crippen molar-refractivity contribution in [3.05, 3.63) is 83.1 Å². The first kappa shape index (κ1) is 15.1. The molecule has 0 radical (unpaired) electrons. The van der Waals surface area contributed by atoms with E-state index in [2.05, 4.69) is 40.6 Å². The number of halogens is 1. The van der Waals surface area contributed by atoms with Gasteiger partial charge in [0.05, 0.1) is 11.3 Å². The lowest BCUT2D eigenvalue weighted by molar-refractivity contribution is 1.15. The van der Waals surface area contributed by atoms with E-state index in [-0.39, 0.29) is 0 Å². The van der Waals surface area contributed by atoms with Gasteiger partial charge in [0.15, 0.2) is 0 Å². The van der Waals surface area contributed by atoms with Crippen LogP contribution in [0.2, 0.25) is 5.02 Å². The van der Waals surface area contributed by atoms with Gasteiger partial charge in [-0.25, -0.2) is 0 Å². The van der Waals surface area contributed by atoms with Crippen LogP contribution < -0.4 is 5.32 Å². The minimum Gasteiger partial charge on any atom is -0.380 e. The summed E-state index contributed by atoms with van der Waals surface area (Å²) in [6.07, 6.45) is 3.61. The number of benzene rings is 2. The van der Waals surface area contributed by atoms with E-state index < -0.39 is 0 Å². The summed E-state index contributed by atoms with van der Waals surface area (Å²) in [7, 11) is 0. The Morgan fingerprint density at radius 2 is 1.87 bits per heavy atom. The molecule has 4 heteroatoms. The third-order valence-corrected chi connectivity index (χ3v) is 3.77. The second-order valence-corrected chi connectivity index (χ2v) is 5.53. The van der Waals surface area contributed by atoms with Crippen molar-refractivity contribution in [3.8, 4) is 17.2 Å². The maximum atomic E-state index is 9.15. The highest BCUT2D eigenvalue weighted by atomic mass is 35.5. The van der Waals surface area contributed by atoms with Crippen molar-refractivity contribution in [2.75, 3.05) is 5.32 Å². The van der Waals surface area contributed by atoms with Gasteiger partial charge < -0.3 is 5.32 Å². The van der Waals surface area contributed by atoms with Crippen molar-refractivity contribution in [3.63, 3.8) is 0 Å². The highest BCUT2D eigenvalue weighted by Gasteiger charge is 2.03. The number of pyridine rings is 1. The molecule has 112 valence electrons. The van der Waals surface area contributed by atoms with Crippen molar-refractivity contribution < 1.29 is 0 Å². The Labute approximate surface area is 140 Å². The molecular formula is C19H14ClN3. The Morgan fingerprint density at radius 1 is 1.04 bits per heavy atom. The standard InChI is InChI=1S/C19H14ClN3/c20-18-7-8-19(17(10-18)11-21)23-12-14-3-5-15(6-4-14)16-2-1-9-22-13-16/h1-10,13,23H,12H2. The van der Waals surface area contributed by atoms with E-state index in [1.165, 1.54) is 0 Å². The molecule has 0 fully saturated rings. The monoisotopic (exact) mass is 319 g/mol. The van der Waals surface area contributed by atoms with Crippen LogP contribution in [0.15, 0.2) is 67.0 Å². The fraction of sp³-hybridized carbons (Fsp3) is 0.0526. The van der Waals surface area contributed by atoms with Crippen molar-refractivity contribution in [1.82, 2.24) is 4.98 Å². The Bertz CT molecular complexity index is 837. The van der Waals surface area contributed by atoms with Crippen molar-refractivity contribution in [2.24, 2.45) is 0 Å². The molecule has 0 atom stereocenters. The van der Waals surface area contributed by atoms with Gasteiger partial charge in [0.1, 0.15) is 6.07 Å². The first-order chi connectivity index (χ1) is 11.3. The van der Waals surface area contributed by atoms with E-state index >= 15 is 0 Å². The predicted octanol–water partition coefficient (Wildman–Crippen LogP) is 4.89. The topological polar surface area (TPSA) is 48.7 Å². The normalized spacial score (nSPS) is 10.1. The molecule has 0 bridgehead atoms. The number of hydrogen-bond acceptors (Lipinski definition) is 3. The number of nitriles is 1. The molecule has 0 unspecified atom stereocenters. The fourth-order valence-electron chi connectivity index (χ4n) is 2.31. The molecule has 1 aromatic heterocycles. The van der Waals surface area contributed by atoms with Gasteiger partial charge in [-0.1, -0.05) is 41.9 Å². The quantitative estimate of drug-likeness (QED) is 0.745. The SMILES string of the molecule is N#Cc1cc(Cl)ccc1NCc1ccc(-c2cccnc2)cc1. The van der Waals surface area contributed by atoms with Gasteiger partial charge in [0.2, 0.25) is 0 Å². The summed E-state index contributed by atoms with van der Waals surface area (Å²) < 4.78 is 0. The third-order valence-electron chi connectivity index (χ3n) is 3.53. The zero-order valence-electron chi connectivity index (χ0n) is 12.3. The van der Waals surface area contributed by atoms with E-state index in [9.17, 15) is 0 Å². The lowest BCUT2D eigenvalue weighted by Crippen LogP contribution is -2.01. The molecule has 2 aromatic carbocycles. The molecular weight excluding hydrogens is 306 g/mol. The molecule has 0 amide bonds. The Hall–Kier alpha value is -2.83. The number of nitrogens with one attached hydrogen (secondary N) is 1. The summed E-state index contributed by atoms with van der Waals surface area (Å²) in [4.78, 5) is 4.13. The molecule has 0 aliphatic carbocycles. The van der Waals surface area contributed by atoms with Crippen LogP contribution in [-0.4, -0.2) is 4.98 Å². The molecule has 1 N–H and O–H groups in total. The van der Waals surface area contributed by atoms with Crippen LogP contribution in [0.25, 0.3) is 11.1 Å². The summed E-state index contributed by atoms with van der Waals surface area (Å²) in [5.74, 6) is 0. The van der Waals surface area contributed by atoms with Crippen molar-refractivity contribution in [2.45, 2.75) is 6.54 Å². The zero-order chi connectivity index (χ0) is 16.1. The number of hydrogen-bond donors (Lipinski definition) is 1. The Morgan fingerprint density at radius 3 is 2.57 bits per heavy atom. The minimum atomic E-state index is 0.546. The summed E-state index contributed by atoms with van der Waals surface area (Å²) >= 11 is 5.90. The van der Waals surface area contributed by atoms with Gasteiger partial charge in [0, 0.05) is 24.0 Å². The largest absolute Gasteiger partial charge is 0.380 e. The van der Waals surface area contributed by atoms with E-state index in [1.54, 1.807) is 18.3 Å². The first-order valence-corrected chi connectivity index (χ1v) is 7.57. The van der Waals surface area contributed by atoms with Crippen LogP contribution in [0.1, 0.15) is 11.1 Å². The van der Waals surface area contributed by atoms with Crippen LogP contribution in [0, 0.1) is 11.3 Å². The van der Waals surface area contributed by atoms with Crippen LogP contribution in [0.3, 0.4) is 0 Å². The average Bonchev–Trinajstić information content (AvgIpc) is 2.62. The molecule has 0 spiro atoms. The number of aromatic nitrogens is 1. The molecule has 1 heterocycles. The Kier molecular flexibility index (Phi) is 4.56. The summed E-state index contributed by atoms with van der Waals surface area (Å²) in [6.45, 7) is 0.642. The van der Waals surface area contributed by atoms with Crippen molar-refractivity contribution >= 4 is 17.3 Å². The maximum Gasteiger partial charge on any atom is 0.101 e. The molecule has 3 aromatic rings. The summed E-state index contributed by atoms with van der Waals surface area (Å²) in [5.41, 5.74) is 4.69. The molecule has 3 nitrogen and oxygen atoms in total. The lowest BCUT2D eigenvalue weighted by atomic mass is 10.1. The molecule has 23 heavy (non-hydrogen) atoms. The van der Waals surface area contributed by atoms with E-state index in [4.69, 9.17) is 16.9 Å². The lowest BCUT2D eigenvalue weighted by Gasteiger charge is -2.09. The van der Waals surface area contributed by atoms with Crippen LogP contribution in [-0.2, 0) is 6.54 Å².